The Kier molecular flexibility index (Phi) is 3.61. The molecule has 0 bridgehead atoms. The third-order valence-electron chi connectivity index (χ3n) is 2.15. The van der Waals surface area contributed by atoms with Crippen molar-refractivity contribution in [3.8, 4) is 0 Å². The van der Waals surface area contributed by atoms with Gasteiger partial charge in [0.2, 0.25) is 0 Å². The number of nitrogens with one attached hydrogen (secondary N) is 3. The Balaban J connectivity index is 2.66. The van der Waals surface area contributed by atoms with Crippen molar-refractivity contribution in [1.82, 2.24) is 9.44 Å². The lowest BCUT2D eigenvalue weighted by Crippen LogP contribution is -2.53. The zero-order valence-electron chi connectivity index (χ0n) is 9.87. The third-order valence-corrected chi connectivity index (χ3v) is 3.60. The van der Waals surface area contributed by atoms with E-state index < -0.39 is 21.8 Å². The standard InChI is InChI=1S/C9H20N4O2S/c1-9(2,3)13-16(14,15)12-7(8(10)11)6-4-5-6/h6-7,12-13H,4-5H2,1-3H3,(H3,10,11). The molecule has 6 nitrogen and oxygen atoms in total. The van der Waals surface area contributed by atoms with E-state index in [0.717, 1.165) is 12.8 Å². The molecule has 16 heavy (non-hydrogen) atoms. The molecule has 94 valence electrons. The zero-order valence-corrected chi connectivity index (χ0v) is 10.7. The van der Waals surface area contributed by atoms with Gasteiger partial charge >= 0.3 is 0 Å². The maximum absolute atomic E-state index is 11.7. The second-order valence-electron chi connectivity index (χ2n) is 5.24. The zero-order chi connectivity index (χ0) is 12.6. The average molecular weight is 248 g/mol. The van der Waals surface area contributed by atoms with Gasteiger partial charge in [0.15, 0.2) is 0 Å². The predicted molar refractivity (Wildman–Crippen MR) is 63.4 cm³/mol. The van der Waals surface area contributed by atoms with Crippen LogP contribution in [0.5, 0.6) is 0 Å². The second kappa shape index (κ2) is 4.31. The number of hydrogen-bond donors (Lipinski definition) is 4. The summed E-state index contributed by atoms with van der Waals surface area (Å²) < 4.78 is 28.3. The van der Waals surface area contributed by atoms with Crippen LogP contribution in [0.15, 0.2) is 0 Å². The van der Waals surface area contributed by atoms with E-state index in [1.807, 2.05) is 0 Å². The van der Waals surface area contributed by atoms with Gasteiger partial charge in [-0.25, -0.2) is 0 Å². The minimum absolute atomic E-state index is 0.123. The first kappa shape index (κ1) is 13.4. The van der Waals surface area contributed by atoms with Crippen LogP contribution in [0, 0.1) is 11.3 Å². The molecule has 0 saturated heterocycles. The van der Waals surface area contributed by atoms with Gasteiger partial charge in [-0.05, 0) is 39.5 Å². The Hall–Kier alpha value is -0.660. The highest BCUT2D eigenvalue weighted by atomic mass is 32.2. The molecule has 1 rings (SSSR count). The van der Waals surface area contributed by atoms with Crippen LogP contribution >= 0.6 is 0 Å². The summed E-state index contributed by atoms with van der Waals surface area (Å²) in [5.74, 6) is 0.0517. The Morgan fingerprint density at radius 2 is 1.94 bits per heavy atom. The molecule has 0 aliphatic heterocycles. The van der Waals surface area contributed by atoms with Gasteiger partial charge < -0.3 is 5.73 Å². The Labute approximate surface area is 96.7 Å². The monoisotopic (exact) mass is 248 g/mol. The maximum atomic E-state index is 11.7. The normalized spacial score (nSPS) is 19.4. The number of rotatable bonds is 5. The van der Waals surface area contributed by atoms with Crippen molar-refractivity contribution in [2.75, 3.05) is 0 Å². The highest BCUT2D eigenvalue weighted by molar-refractivity contribution is 7.87. The minimum atomic E-state index is -3.61. The van der Waals surface area contributed by atoms with Gasteiger partial charge in [0.05, 0.1) is 6.04 Å². The molecule has 0 spiro atoms. The SMILES string of the molecule is CC(C)(C)NS(=O)(=O)NC(C(=N)N)C1CC1. The minimum Gasteiger partial charge on any atom is -0.386 e. The molecule has 0 heterocycles. The van der Waals surface area contributed by atoms with Crippen molar-refractivity contribution >= 4 is 16.0 Å². The van der Waals surface area contributed by atoms with Gasteiger partial charge in [0.1, 0.15) is 5.84 Å². The third kappa shape index (κ3) is 4.46. The number of nitrogens with two attached hydrogens (primary N) is 1. The first-order valence-corrected chi connectivity index (χ1v) is 6.74. The van der Waals surface area contributed by atoms with Crippen LogP contribution in [0.25, 0.3) is 0 Å². The Bertz CT molecular complexity index is 367. The molecule has 5 N–H and O–H groups in total. The first-order chi connectivity index (χ1) is 7.11. The molecular formula is C9H20N4O2S. The van der Waals surface area contributed by atoms with Gasteiger partial charge in [-0.15, -0.1) is 0 Å². The van der Waals surface area contributed by atoms with E-state index in [1.165, 1.54) is 0 Å². The number of amidine groups is 1. The lowest BCUT2D eigenvalue weighted by atomic mass is 10.1. The Morgan fingerprint density at radius 3 is 2.25 bits per heavy atom. The van der Waals surface area contributed by atoms with Crippen molar-refractivity contribution in [1.29, 1.82) is 5.41 Å². The second-order valence-corrected chi connectivity index (χ2v) is 6.69. The van der Waals surface area contributed by atoms with Crippen LogP contribution in [0.2, 0.25) is 0 Å². The molecule has 1 unspecified atom stereocenters. The van der Waals surface area contributed by atoms with Crippen LogP contribution in [0.3, 0.4) is 0 Å². The lowest BCUT2D eigenvalue weighted by Gasteiger charge is -2.23. The van der Waals surface area contributed by atoms with E-state index in [1.54, 1.807) is 20.8 Å². The van der Waals surface area contributed by atoms with Crippen LogP contribution in [0.1, 0.15) is 33.6 Å². The van der Waals surface area contributed by atoms with Crippen molar-refractivity contribution < 1.29 is 8.42 Å². The maximum Gasteiger partial charge on any atom is 0.278 e. The van der Waals surface area contributed by atoms with Gasteiger partial charge in [-0.1, -0.05) is 0 Å². The van der Waals surface area contributed by atoms with Crippen molar-refractivity contribution in [3.05, 3.63) is 0 Å². The van der Waals surface area contributed by atoms with Gasteiger partial charge in [0, 0.05) is 5.54 Å². The predicted octanol–water partition coefficient (Wildman–Crippen LogP) is -0.0765. The molecular weight excluding hydrogens is 228 g/mol. The summed E-state index contributed by atoms with van der Waals surface area (Å²) >= 11 is 0. The summed E-state index contributed by atoms with van der Waals surface area (Å²) in [7, 11) is -3.61. The molecule has 1 saturated carbocycles. The molecule has 0 aromatic heterocycles. The van der Waals surface area contributed by atoms with Crippen molar-refractivity contribution in [3.63, 3.8) is 0 Å². The molecule has 1 fully saturated rings. The van der Waals surface area contributed by atoms with Crippen LogP contribution in [0.4, 0.5) is 0 Å². The fourth-order valence-electron chi connectivity index (χ4n) is 1.44. The van der Waals surface area contributed by atoms with Crippen LogP contribution in [-0.2, 0) is 10.2 Å². The summed E-state index contributed by atoms with van der Waals surface area (Å²) in [6.45, 7) is 5.27. The molecule has 0 aromatic carbocycles. The van der Waals surface area contributed by atoms with E-state index in [0.29, 0.717) is 0 Å². The van der Waals surface area contributed by atoms with E-state index in [-0.39, 0.29) is 11.8 Å². The first-order valence-electron chi connectivity index (χ1n) is 5.26. The van der Waals surface area contributed by atoms with E-state index in [2.05, 4.69) is 9.44 Å². The highest BCUT2D eigenvalue weighted by Gasteiger charge is 2.36. The van der Waals surface area contributed by atoms with E-state index in [9.17, 15) is 8.42 Å². The molecule has 0 amide bonds. The quantitative estimate of drug-likeness (QED) is 0.404. The molecule has 0 radical (unpaired) electrons. The van der Waals surface area contributed by atoms with Gasteiger partial charge in [-0.3, -0.25) is 5.41 Å². The summed E-state index contributed by atoms with van der Waals surface area (Å²) in [5, 5.41) is 7.36. The van der Waals surface area contributed by atoms with E-state index >= 15 is 0 Å². The van der Waals surface area contributed by atoms with Crippen LogP contribution in [-0.4, -0.2) is 25.8 Å². The smallest absolute Gasteiger partial charge is 0.278 e. The number of hydrogen-bond acceptors (Lipinski definition) is 3. The summed E-state index contributed by atoms with van der Waals surface area (Å²) in [4.78, 5) is 0. The van der Waals surface area contributed by atoms with Crippen LogP contribution < -0.4 is 15.2 Å². The molecule has 7 heteroatoms. The Morgan fingerprint density at radius 1 is 1.44 bits per heavy atom. The topological polar surface area (TPSA) is 108 Å². The molecule has 1 aliphatic rings. The summed E-state index contributed by atoms with van der Waals surface area (Å²) in [6, 6.07) is -0.570. The van der Waals surface area contributed by atoms with Crippen molar-refractivity contribution in [2.45, 2.75) is 45.2 Å². The molecule has 0 aromatic rings. The van der Waals surface area contributed by atoms with Gasteiger partial charge in [0.25, 0.3) is 10.2 Å². The fraction of sp³-hybridized carbons (Fsp3) is 0.889. The fourth-order valence-corrected chi connectivity index (χ4v) is 2.96. The lowest BCUT2D eigenvalue weighted by molar-refractivity contribution is 0.477. The largest absolute Gasteiger partial charge is 0.386 e. The molecule has 1 aliphatic carbocycles. The van der Waals surface area contributed by atoms with Gasteiger partial charge in [-0.2, -0.15) is 17.9 Å². The van der Waals surface area contributed by atoms with E-state index in [4.69, 9.17) is 11.1 Å². The molecule has 1 atom stereocenters. The average Bonchev–Trinajstić information content (AvgIpc) is 2.76. The summed E-state index contributed by atoms with van der Waals surface area (Å²) in [5.41, 5.74) is 4.83. The summed E-state index contributed by atoms with van der Waals surface area (Å²) in [6.07, 6.45) is 1.84. The highest BCUT2D eigenvalue weighted by Crippen LogP contribution is 2.32. The van der Waals surface area contributed by atoms with Crippen molar-refractivity contribution in [2.24, 2.45) is 11.7 Å².